The Hall–Kier alpha value is -3.27. The van der Waals surface area contributed by atoms with Crippen LogP contribution >= 0.6 is 23.4 Å². The second kappa shape index (κ2) is 10.5. The van der Waals surface area contributed by atoms with Gasteiger partial charge in [-0.2, -0.15) is 5.26 Å². The number of hydrogen-bond acceptors (Lipinski definition) is 5. The molecule has 0 radical (unpaired) electrons. The number of hydrogen-bond donors (Lipinski definition) is 2. The number of para-hydroxylation sites is 1. The van der Waals surface area contributed by atoms with E-state index >= 15 is 0 Å². The molecule has 0 saturated heterocycles. The van der Waals surface area contributed by atoms with Gasteiger partial charge in [-0.1, -0.05) is 54.1 Å². The molecule has 0 unspecified atom stereocenters. The summed E-state index contributed by atoms with van der Waals surface area (Å²) >= 11 is 7.45. The van der Waals surface area contributed by atoms with Crippen molar-refractivity contribution in [2.24, 2.45) is 0 Å². The van der Waals surface area contributed by atoms with Crippen LogP contribution in [0.15, 0.2) is 77.7 Å². The lowest BCUT2D eigenvalue weighted by Gasteiger charge is -2.13. The molecule has 0 heterocycles. The predicted octanol–water partition coefficient (Wildman–Crippen LogP) is 5.24. The lowest BCUT2D eigenvalue weighted by atomic mass is 10.0. The monoisotopic (exact) mass is 435 g/mol. The molecule has 0 aliphatic carbocycles. The summed E-state index contributed by atoms with van der Waals surface area (Å²) in [6, 6.07) is 23.2. The molecule has 0 aromatic heterocycles. The zero-order chi connectivity index (χ0) is 21.3. The summed E-state index contributed by atoms with van der Waals surface area (Å²) in [5.74, 6) is -0.159. The van der Waals surface area contributed by atoms with Gasteiger partial charge in [-0.05, 0) is 30.3 Å². The minimum absolute atomic E-state index is 0.0338. The highest BCUT2D eigenvalue weighted by Crippen LogP contribution is 2.27. The molecule has 3 aromatic rings. The number of nitrogens with zero attached hydrogens (tertiary/aromatic N) is 1. The zero-order valence-electron chi connectivity index (χ0n) is 15.9. The number of ketones is 1. The van der Waals surface area contributed by atoms with Gasteiger partial charge >= 0.3 is 0 Å². The number of amides is 1. The number of nitriles is 1. The predicted molar refractivity (Wildman–Crippen MR) is 121 cm³/mol. The van der Waals surface area contributed by atoms with E-state index in [1.807, 2.05) is 24.3 Å². The topological polar surface area (TPSA) is 82.0 Å². The van der Waals surface area contributed by atoms with E-state index < -0.39 is 0 Å². The molecule has 0 fully saturated rings. The highest BCUT2D eigenvalue weighted by Gasteiger charge is 2.15. The summed E-state index contributed by atoms with van der Waals surface area (Å²) in [5.41, 5.74) is 2.10. The smallest absolute Gasteiger partial charge is 0.243 e. The van der Waals surface area contributed by atoms with E-state index in [1.165, 1.54) is 11.8 Å². The second-order valence-corrected chi connectivity index (χ2v) is 7.68. The van der Waals surface area contributed by atoms with Crippen molar-refractivity contribution in [3.8, 4) is 6.07 Å². The van der Waals surface area contributed by atoms with E-state index in [-0.39, 0.29) is 18.2 Å². The molecule has 7 heteroatoms. The van der Waals surface area contributed by atoms with Gasteiger partial charge in [0, 0.05) is 26.7 Å². The number of benzene rings is 3. The van der Waals surface area contributed by atoms with Crippen LogP contribution in [0.25, 0.3) is 0 Å². The SMILES string of the molecule is N#CCSc1ccccc1NC(=O)CNc1ccc(Cl)cc1C(=O)c1ccccc1. The summed E-state index contributed by atoms with van der Waals surface area (Å²) in [6.07, 6.45) is 0. The first kappa shape index (κ1) is 21.4. The van der Waals surface area contributed by atoms with Gasteiger partial charge in [-0.25, -0.2) is 0 Å². The zero-order valence-corrected chi connectivity index (χ0v) is 17.5. The first-order valence-electron chi connectivity index (χ1n) is 9.10. The van der Waals surface area contributed by atoms with E-state index in [1.54, 1.807) is 48.5 Å². The van der Waals surface area contributed by atoms with Crippen LogP contribution in [0.5, 0.6) is 0 Å². The molecule has 150 valence electrons. The van der Waals surface area contributed by atoms with Crippen LogP contribution in [0.4, 0.5) is 11.4 Å². The minimum atomic E-state index is -0.270. The number of thioether (sulfide) groups is 1. The van der Waals surface area contributed by atoms with Crippen molar-refractivity contribution in [1.82, 2.24) is 0 Å². The summed E-state index contributed by atoms with van der Waals surface area (Å²) in [4.78, 5) is 26.2. The Bertz CT molecular complexity index is 1100. The van der Waals surface area contributed by atoms with Crippen LogP contribution in [0, 0.1) is 11.3 Å². The fourth-order valence-electron chi connectivity index (χ4n) is 2.78. The lowest BCUT2D eigenvalue weighted by molar-refractivity contribution is -0.114. The van der Waals surface area contributed by atoms with Gasteiger partial charge in [0.1, 0.15) is 0 Å². The summed E-state index contributed by atoms with van der Waals surface area (Å²) in [5, 5.41) is 15.1. The Morgan fingerprint density at radius 1 is 0.967 bits per heavy atom. The molecule has 0 aliphatic rings. The molecule has 0 atom stereocenters. The molecule has 5 nitrogen and oxygen atoms in total. The number of carbonyl (C=O) groups excluding carboxylic acids is 2. The van der Waals surface area contributed by atoms with Gasteiger partial charge in [0.05, 0.1) is 24.1 Å². The number of anilines is 2. The number of rotatable bonds is 8. The molecule has 2 N–H and O–H groups in total. The van der Waals surface area contributed by atoms with E-state index in [0.29, 0.717) is 33.3 Å². The highest BCUT2D eigenvalue weighted by molar-refractivity contribution is 7.99. The van der Waals surface area contributed by atoms with Gasteiger partial charge in [0.15, 0.2) is 5.78 Å². The van der Waals surface area contributed by atoms with Crippen molar-refractivity contribution in [2.45, 2.75) is 4.90 Å². The normalized spacial score (nSPS) is 10.1. The van der Waals surface area contributed by atoms with Gasteiger partial charge in [-0.15, -0.1) is 11.8 Å². The Morgan fingerprint density at radius 3 is 2.47 bits per heavy atom. The van der Waals surface area contributed by atoms with Crippen molar-refractivity contribution in [3.05, 3.63) is 88.9 Å². The van der Waals surface area contributed by atoms with Crippen LogP contribution in [0.3, 0.4) is 0 Å². The van der Waals surface area contributed by atoms with E-state index in [9.17, 15) is 9.59 Å². The Labute approximate surface area is 184 Å². The first-order chi connectivity index (χ1) is 14.6. The van der Waals surface area contributed by atoms with Crippen LogP contribution in [-0.2, 0) is 4.79 Å². The van der Waals surface area contributed by atoms with E-state index in [0.717, 1.165) is 4.90 Å². The maximum Gasteiger partial charge on any atom is 0.243 e. The Kier molecular flexibility index (Phi) is 7.50. The summed E-state index contributed by atoms with van der Waals surface area (Å²) in [6.45, 7) is -0.0338. The largest absolute Gasteiger partial charge is 0.376 e. The Balaban J connectivity index is 1.72. The summed E-state index contributed by atoms with van der Waals surface area (Å²) in [7, 11) is 0. The molecule has 0 spiro atoms. The highest BCUT2D eigenvalue weighted by atomic mass is 35.5. The van der Waals surface area contributed by atoms with Crippen molar-refractivity contribution in [3.63, 3.8) is 0 Å². The van der Waals surface area contributed by atoms with Crippen molar-refractivity contribution >= 4 is 46.4 Å². The summed E-state index contributed by atoms with van der Waals surface area (Å²) < 4.78 is 0. The average molecular weight is 436 g/mol. The number of carbonyl (C=O) groups is 2. The number of nitrogens with one attached hydrogen (secondary N) is 2. The molecular weight excluding hydrogens is 418 g/mol. The quantitative estimate of drug-likeness (QED) is 0.373. The van der Waals surface area contributed by atoms with Crippen LogP contribution in [0.2, 0.25) is 5.02 Å². The number of halogens is 1. The molecule has 3 rings (SSSR count). The average Bonchev–Trinajstić information content (AvgIpc) is 2.77. The second-order valence-electron chi connectivity index (χ2n) is 6.23. The van der Waals surface area contributed by atoms with Crippen molar-refractivity contribution < 1.29 is 9.59 Å². The Morgan fingerprint density at radius 2 is 1.70 bits per heavy atom. The third-order valence-corrected chi connectivity index (χ3v) is 5.33. The molecule has 30 heavy (non-hydrogen) atoms. The van der Waals surface area contributed by atoms with Crippen molar-refractivity contribution in [2.75, 3.05) is 22.9 Å². The van der Waals surface area contributed by atoms with Gasteiger partial charge < -0.3 is 10.6 Å². The van der Waals surface area contributed by atoms with Gasteiger partial charge in [0.2, 0.25) is 5.91 Å². The van der Waals surface area contributed by atoms with E-state index in [2.05, 4.69) is 16.7 Å². The molecule has 0 saturated carbocycles. The third kappa shape index (κ3) is 5.63. The van der Waals surface area contributed by atoms with Crippen LogP contribution < -0.4 is 10.6 Å². The molecule has 1 amide bonds. The maximum absolute atomic E-state index is 12.9. The molecule has 0 bridgehead atoms. The molecule has 0 aliphatic heterocycles. The van der Waals surface area contributed by atoms with Crippen LogP contribution in [0.1, 0.15) is 15.9 Å². The van der Waals surface area contributed by atoms with Crippen LogP contribution in [-0.4, -0.2) is 24.0 Å². The van der Waals surface area contributed by atoms with Gasteiger partial charge in [0.25, 0.3) is 0 Å². The minimum Gasteiger partial charge on any atom is -0.376 e. The molecule has 3 aromatic carbocycles. The fraction of sp³-hybridized carbons (Fsp3) is 0.0870. The van der Waals surface area contributed by atoms with E-state index in [4.69, 9.17) is 16.9 Å². The lowest BCUT2D eigenvalue weighted by Crippen LogP contribution is -2.23. The fourth-order valence-corrected chi connectivity index (χ4v) is 3.62. The molecular formula is C23H18ClN3O2S. The van der Waals surface area contributed by atoms with Gasteiger partial charge in [-0.3, -0.25) is 9.59 Å². The standard InChI is InChI=1S/C23H18ClN3O2S/c24-17-10-11-19(18(14-17)23(29)16-6-2-1-3-7-16)26-15-22(28)27-20-8-4-5-9-21(20)30-13-12-25/h1-11,14,26H,13,15H2,(H,27,28). The first-order valence-corrected chi connectivity index (χ1v) is 10.5. The maximum atomic E-state index is 12.9. The van der Waals surface area contributed by atoms with Crippen molar-refractivity contribution in [1.29, 1.82) is 5.26 Å². The third-order valence-electron chi connectivity index (χ3n) is 4.15.